The molecule has 10 heteroatoms. The minimum Gasteiger partial charge on any atom is -0.306 e. The van der Waals surface area contributed by atoms with Gasteiger partial charge in [0.25, 0.3) is 10.1 Å². The highest BCUT2D eigenvalue weighted by molar-refractivity contribution is 7.86. The van der Waals surface area contributed by atoms with Gasteiger partial charge in [0.15, 0.2) is 0 Å². The van der Waals surface area contributed by atoms with Crippen LogP contribution in [0.25, 0.3) is 0 Å². The zero-order chi connectivity index (χ0) is 15.1. The number of alkyl halides is 1. The van der Waals surface area contributed by atoms with E-state index in [1.165, 1.54) is 0 Å². The molecule has 1 fully saturated rings. The largest absolute Gasteiger partial charge is 0.343 e. The molecule has 1 saturated heterocycles. The first-order valence-corrected chi connectivity index (χ1v) is 10.3. The van der Waals surface area contributed by atoms with Crippen LogP contribution in [0, 0.1) is 0 Å². The van der Waals surface area contributed by atoms with Crippen molar-refractivity contribution in [2.24, 2.45) is 0 Å². The van der Waals surface area contributed by atoms with E-state index in [1.807, 2.05) is 0 Å². The normalized spacial score (nSPS) is 24.9. The summed E-state index contributed by atoms with van der Waals surface area (Å²) in [4.78, 5) is 0. The Morgan fingerprint density at radius 2 is 2.25 bits per heavy atom. The first-order valence-electron chi connectivity index (χ1n) is 6.62. The fourth-order valence-electron chi connectivity index (χ4n) is 1.80. The number of hydrogen-bond acceptors (Lipinski definition) is 5. The summed E-state index contributed by atoms with van der Waals surface area (Å²) in [7, 11) is -6.60. The van der Waals surface area contributed by atoms with Crippen LogP contribution in [-0.2, 0) is 23.4 Å². The summed E-state index contributed by atoms with van der Waals surface area (Å²) in [6.45, 7) is 3.35. The summed E-state index contributed by atoms with van der Waals surface area (Å²) in [5.74, 6) is 0.343. The predicted octanol–water partition coefficient (Wildman–Crippen LogP) is 1.40. The summed E-state index contributed by atoms with van der Waals surface area (Å²) in [5, 5.41) is 2.76. The third-order valence-corrected chi connectivity index (χ3v) is 6.58. The highest BCUT2D eigenvalue weighted by Crippen LogP contribution is 2.48. The van der Waals surface area contributed by atoms with Crippen LogP contribution in [0.5, 0.6) is 0 Å². The zero-order valence-corrected chi connectivity index (χ0v) is 14.1. The summed E-state index contributed by atoms with van der Waals surface area (Å²) in [6.07, 6.45) is 1.30. The average Bonchev–Trinajstić information content (AvgIpc) is 2.38. The van der Waals surface area contributed by atoms with Crippen molar-refractivity contribution in [1.29, 1.82) is 0 Å². The van der Waals surface area contributed by atoms with Gasteiger partial charge in [0, 0.05) is 25.5 Å². The SMILES string of the molecule is CCCS(=O)(=O)OCCNP1(=O)OCCCN1CCCl. The molecule has 1 atom stereocenters. The van der Waals surface area contributed by atoms with Gasteiger partial charge in [-0.25, -0.2) is 9.76 Å². The van der Waals surface area contributed by atoms with Crippen molar-refractivity contribution in [1.82, 2.24) is 9.76 Å². The number of nitrogens with zero attached hydrogens (tertiary/aromatic N) is 1. The highest BCUT2D eigenvalue weighted by Gasteiger charge is 2.34. The van der Waals surface area contributed by atoms with Gasteiger partial charge in [0.1, 0.15) is 0 Å². The van der Waals surface area contributed by atoms with Crippen LogP contribution in [-0.4, -0.2) is 57.6 Å². The van der Waals surface area contributed by atoms with Gasteiger partial charge in [-0.15, -0.1) is 11.6 Å². The number of nitrogens with one attached hydrogen (secondary N) is 1. The fourth-order valence-corrected chi connectivity index (χ4v) is 5.05. The van der Waals surface area contributed by atoms with Gasteiger partial charge in [-0.2, -0.15) is 8.42 Å². The smallest absolute Gasteiger partial charge is 0.306 e. The van der Waals surface area contributed by atoms with Crippen LogP contribution in [0.1, 0.15) is 19.8 Å². The molecule has 0 amide bonds. The molecule has 1 rings (SSSR count). The lowest BCUT2D eigenvalue weighted by Gasteiger charge is -2.34. The molecule has 1 heterocycles. The Bertz CT molecular complexity index is 431. The molecule has 0 aromatic heterocycles. The van der Waals surface area contributed by atoms with Crippen LogP contribution >= 0.6 is 19.3 Å². The molecular formula is C10H22ClN2O5PS. The van der Waals surface area contributed by atoms with Crippen molar-refractivity contribution in [2.75, 3.05) is 44.5 Å². The fraction of sp³-hybridized carbons (Fsp3) is 1.00. The molecule has 0 radical (unpaired) electrons. The Morgan fingerprint density at radius 3 is 2.90 bits per heavy atom. The molecule has 1 N–H and O–H groups in total. The van der Waals surface area contributed by atoms with Crippen LogP contribution in [0.2, 0.25) is 0 Å². The molecule has 7 nitrogen and oxygen atoms in total. The Morgan fingerprint density at radius 1 is 1.50 bits per heavy atom. The van der Waals surface area contributed by atoms with E-state index in [2.05, 4.69) is 5.09 Å². The first-order chi connectivity index (χ1) is 9.43. The van der Waals surface area contributed by atoms with E-state index in [4.69, 9.17) is 20.3 Å². The van der Waals surface area contributed by atoms with Crippen molar-refractivity contribution in [3.63, 3.8) is 0 Å². The molecule has 1 unspecified atom stereocenters. The Labute approximate surface area is 125 Å². The van der Waals surface area contributed by atoms with Gasteiger partial charge in [0.2, 0.25) is 0 Å². The van der Waals surface area contributed by atoms with E-state index in [-0.39, 0.29) is 18.9 Å². The number of halogens is 1. The maximum absolute atomic E-state index is 12.5. The van der Waals surface area contributed by atoms with Crippen molar-refractivity contribution in [3.8, 4) is 0 Å². The maximum Gasteiger partial charge on any atom is 0.343 e. The van der Waals surface area contributed by atoms with E-state index in [0.717, 1.165) is 6.42 Å². The zero-order valence-electron chi connectivity index (χ0n) is 11.6. The Kier molecular flexibility index (Phi) is 7.97. The summed E-state index contributed by atoms with van der Waals surface area (Å²) in [6, 6.07) is 0. The molecule has 0 spiro atoms. The molecule has 1 aliphatic rings. The summed E-state index contributed by atoms with van der Waals surface area (Å²) < 4.78 is 47.0. The topological polar surface area (TPSA) is 84.9 Å². The minimum absolute atomic E-state index is 0.0144. The lowest BCUT2D eigenvalue weighted by atomic mass is 10.4. The second kappa shape index (κ2) is 8.68. The van der Waals surface area contributed by atoms with Crippen molar-refractivity contribution in [3.05, 3.63) is 0 Å². The number of hydrogen-bond donors (Lipinski definition) is 1. The lowest BCUT2D eigenvalue weighted by molar-refractivity contribution is 0.200. The molecule has 0 bridgehead atoms. The first kappa shape index (κ1) is 18.4. The standard InChI is InChI=1S/C10H22ClN2O5PS/c1-2-10-20(15,16)18-9-5-12-19(14)13(7-4-11)6-3-8-17-19/h2-10H2,1H3,(H,12,14). The number of rotatable bonds is 9. The van der Waals surface area contributed by atoms with Gasteiger partial charge in [0.05, 0.1) is 19.0 Å². The van der Waals surface area contributed by atoms with Gasteiger partial charge in [-0.05, 0) is 12.8 Å². The van der Waals surface area contributed by atoms with Gasteiger partial charge < -0.3 is 4.52 Å². The molecule has 0 aromatic rings. The molecule has 0 aromatic carbocycles. The monoisotopic (exact) mass is 348 g/mol. The van der Waals surface area contributed by atoms with Crippen LogP contribution in [0.3, 0.4) is 0 Å². The third-order valence-electron chi connectivity index (χ3n) is 2.67. The maximum atomic E-state index is 12.5. The van der Waals surface area contributed by atoms with E-state index in [1.54, 1.807) is 11.6 Å². The van der Waals surface area contributed by atoms with Crippen molar-refractivity contribution in [2.45, 2.75) is 19.8 Å². The highest BCUT2D eigenvalue weighted by atomic mass is 35.5. The molecular weight excluding hydrogens is 327 g/mol. The van der Waals surface area contributed by atoms with E-state index in [0.29, 0.717) is 32.0 Å². The quantitative estimate of drug-likeness (QED) is 0.292. The molecule has 20 heavy (non-hydrogen) atoms. The van der Waals surface area contributed by atoms with E-state index >= 15 is 0 Å². The average molecular weight is 349 g/mol. The van der Waals surface area contributed by atoms with Crippen LogP contribution in [0.15, 0.2) is 0 Å². The Hall–Kier alpha value is 0.310. The second-order valence-corrected chi connectivity index (χ2v) is 8.66. The Balaban J connectivity index is 2.40. The van der Waals surface area contributed by atoms with E-state index < -0.39 is 17.8 Å². The predicted molar refractivity (Wildman–Crippen MR) is 78.5 cm³/mol. The van der Waals surface area contributed by atoms with Gasteiger partial charge >= 0.3 is 7.67 Å². The van der Waals surface area contributed by atoms with E-state index in [9.17, 15) is 13.0 Å². The molecule has 0 saturated carbocycles. The lowest BCUT2D eigenvalue weighted by Crippen LogP contribution is -2.37. The van der Waals surface area contributed by atoms with Crippen LogP contribution < -0.4 is 5.09 Å². The van der Waals surface area contributed by atoms with Crippen molar-refractivity contribution < 1.29 is 21.7 Å². The minimum atomic E-state index is -3.48. The van der Waals surface area contributed by atoms with Crippen LogP contribution in [0.4, 0.5) is 0 Å². The molecule has 0 aliphatic carbocycles. The molecule has 120 valence electrons. The van der Waals surface area contributed by atoms with Crippen molar-refractivity contribution >= 4 is 29.4 Å². The third kappa shape index (κ3) is 5.97. The molecule has 1 aliphatic heterocycles. The summed E-state index contributed by atoms with van der Waals surface area (Å²) in [5.41, 5.74) is 0. The van der Waals surface area contributed by atoms with Gasteiger partial charge in [-0.3, -0.25) is 8.75 Å². The summed E-state index contributed by atoms with van der Waals surface area (Å²) >= 11 is 5.67. The second-order valence-electron chi connectivity index (χ2n) is 4.34. The van der Waals surface area contributed by atoms with Gasteiger partial charge in [-0.1, -0.05) is 6.92 Å².